The second-order valence-electron chi connectivity index (χ2n) is 6.39. The van der Waals surface area contributed by atoms with Gasteiger partial charge >= 0.3 is 0 Å². The van der Waals surface area contributed by atoms with Crippen molar-refractivity contribution in [2.24, 2.45) is 5.92 Å². The molecular formula is C20H25N3O2. The summed E-state index contributed by atoms with van der Waals surface area (Å²) < 4.78 is 0. The van der Waals surface area contributed by atoms with Gasteiger partial charge in [-0.1, -0.05) is 32.0 Å². The highest BCUT2D eigenvalue weighted by Crippen LogP contribution is 2.19. The average Bonchev–Trinajstić information content (AvgIpc) is 2.57. The van der Waals surface area contributed by atoms with Crippen LogP contribution in [0.3, 0.4) is 0 Å². The molecule has 0 bridgehead atoms. The van der Waals surface area contributed by atoms with Gasteiger partial charge in [-0.2, -0.15) is 0 Å². The van der Waals surface area contributed by atoms with E-state index in [2.05, 4.69) is 16.0 Å². The van der Waals surface area contributed by atoms with E-state index in [4.69, 9.17) is 0 Å². The number of anilines is 3. The highest BCUT2D eigenvalue weighted by molar-refractivity contribution is 5.95. The zero-order chi connectivity index (χ0) is 18.4. The predicted molar refractivity (Wildman–Crippen MR) is 103 cm³/mol. The number of carbonyl (C=O) groups excluding carboxylic acids is 2. The fourth-order valence-corrected chi connectivity index (χ4v) is 2.34. The van der Waals surface area contributed by atoms with E-state index >= 15 is 0 Å². The maximum Gasteiger partial charge on any atom is 0.243 e. The van der Waals surface area contributed by atoms with Gasteiger partial charge in [-0.05, 0) is 49.2 Å². The van der Waals surface area contributed by atoms with Crippen molar-refractivity contribution in [1.82, 2.24) is 0 Å². The monoisotopic (exact) mass is 339 g/mol. The molecule has 0 aliphatic rings. The number of aryl methyl sites for hydroxylation is 2. The maximum atomic E-state index is 12.1. The van der Waals surface area contributed by atoms with Crippen molar-refractivity contribution in [3.8, 4) is 0 Å². The highest BCUT2D eigenvalue weighted by Gasteiger charge is 2.08. The van der Waals surface area contributed by atoms with Crippen molar-refractivity contribution < 1.29 is 9.59 Å². The summed E-state index contributed by atoms with van der Waals surface area (Å²) in [6.45, 7) is 7.81. The molecular weight excluding hydrogens is 314 g/mol. The highest BCUT2D eigenvalue weighted by atomic mass is 16.2. The molecule has 0 heterocycles. The smallest absolute Gasteiger partial charge is 0.243 e. The molecule has 2 aromatic rings. The summed E-state index contributed by atoms with van der Waals surface area (Å²) in [6, 6.07) is 13.2. The fourth-order valence-electron chi connectivity index (χ4n) is 2.34. The fraction of sp³-hybridized carbons (Fsp3) is 0.300. The van der Waals surface area contributed by atoms with Crippen LogP contribution in [-0.2, 0) is 9.59 Å². The van der Waals surface area contributed by atoms with E-state index in [0.29, 0.717) is 0 Å². The number of hydrogen-bond acceptors (Lipinski definition) is 3. The largest absolute Gasteiger partial charge is 0.376 e. The lowest BCUT2D eigenvalue weighted by Crippen LogP contribution is -2.22. The Morgan fingerprint density at radius 1 is 0.880 bits per heavy atom. The topological polar surface area (TPSA) is 70.2 Å². The normalized spacial score (nSPS) is 10.4. The first kappa shape index (κ1) is 18.5. The van der Waals surface area contributed by atoms with Crippen LogP contribution < -0.4 is 16.0 Å². The van der Waals surface area contributed by atoms with Gasteiger partial charge in [0.2, 0.25) is 11.8 Å². The summed E-state index contributed by atoms with van der Waals surface area (Å²) in [5.41, 5.74) is 4.50. The zero-order valence-corrected chi connectivity index (χ0v) is 15.1. The Morgan fingerprint density at radius 2 is 1.44 bits per heavy atom. The van der Waals surface area contributed by atoms with Crippen LogP contribution in [0.1, 0.15) is 25.0 Å². The molecule has 0 aliphatic heterocycles. The Morgan fingerprint density at radius 3 is 2.00 bits per heavy atom. The van der Waals surface area contributed by atoms with Crippen LogP contribution >= 0.6 is 0 Å². The minimum atomic E-state index is -0.102. The molecule has 2 aromatic carbocycles. The number of carbonyl (C=O) groups is 2. The van der Waals surface area contributed by atoms with Gasteiger partial charge in [0.1, 0.15) is 0 Å². The SMILES string of the molecule is Cc1cccc(C)c1NC(=O)CNc1ccc(NC(=O)C(C)C)cc1. The summed E-state index contributed by atoms with van der Waals surface area (Å²) in [5, 5.41) is 8.85. The van der Waals surface area contributed by atoms with E-state index in [9.17, 15) is 9.59 Å². The molecule has 0 radical (unpaired) electrons. The lowest BCUT2D eigenvalue weighted by molar-refractivity contribution is -0.119. The van der Waals surface area contributed by atoms with Gasteiger partial charge in [-0.25, -0.2) is 0 Å². The number of amides is 2. The van der Waals surface area contributed by atoms with Crippen LogP contribution in [0, 0.1) is 19.8 Å². The molecule has 0 fully saturated rings. The maximum absolute atomic E-state index is 12.1. The molecule has 0 spiro atoms. The van der Waals surface area contributed by atoms with E-state index in [1.54, 1.807) is 0 Å². The summed E-state index contributed by atoms with van der Waals surface area (Å²) in [4.78, 5) is 23.8. The molecule has 2 rings (SSSR count). The Kier molecular flexibility index (Phi) is 6.17. The first-order chi connectivity index (χ1) is 11.9. The second kappa shape index (κ2) is 8.33. The number of nitrogens with one attached hydrogen (secondary N) is 3. The second-order valence-corrected chi connectivity index (χ2v) is 6.39. The van der Waals surface area contributed by atoms with Gasteiger partial charge in [-0.3, -0.25) is 9.59 Å². The van der Waals surface area contributed by atoms with Gasteiger partial charge in [0.25, 0.3) is 0 Å². The Bertz CT molecular complexity index is 732. The first-order valence-corrected chi connectivity index (χ1v) is 8.37. The third kappa shape index (κ3) is 5.35. The van der Waals surface area contributed by atoms with Crippen LogP contribution in [0.4, 0.5) is 17.1 Å². The quantitative estimate of drug-likeness (QED) is 0.746. The molecule has 0 atom stereocenters. The lowest BCUT2D eigenvalue weighted by atomic mass is 10.1. The number of rotatable bonds is 6. The average molecular weight is 339 g/mol. The van der Waals surface area contributed by atoms with Crippen LogP contribution in [0.25, 0.3) is 0 Å². The molecule has 0 unspecified atom stereocenters. The summed E-state index contributed by atoms with van der Waals surface area (Å²) >= 11 is 0. The van der Waals surface area contributed by atoms with Gasteiger partial charge in [-0.15, -0.1) is 0 Å². The van der Waals surface area contributed by atoms with E-state index in [1.807, 2.05) is 70.2 Å². The summed E-state index contributed by atoms with van der Waals surface area (Å²) in [6.07, 6.45) is 0. The molecule has 0 aliphatic carbocycles. The van der Waals surface area contributed by atoms with E-state index < -0.39 is 0 Å². The standard InChI is InChI=1S/C20H25N3O2/c1-13(2)20(25)22-17-10-8-16(9-11-17)21-12-18(24)23-19-14(3)6-5-7-15(19)4/h5-11,13,21H,12H2,1-4H3,(H,22,25)(H,23,24). The van der Waals surface area contributed by atoms with Gasteiger partial charge in [0, 0.05) is 23.0 Å². The van der Waals surface area contributed by atoms with Crippen LogP contribution in [0.15, 0.2) is 42.5 Å². The van der Waals surface area contributed by atoms with Crippen molar-refractivity contribution in [2.75, 3.05) is 22.5 Å². The van der Waals surface area contributed by atoms with E-state index in [-0.39, 0.29) is 24.3 Å². The van der Waals surface area contributed by atoms with Crippen molar-refractivity contribution in [3.05, 3.63) is 53.6 Å². The molecule has 0 saturated carbocycles. The van der Waals surface area contributed by atoms with Crippen molar-refractivity contribution in [3.63, 3.8) is 0 Å². The van der Waals surface area contributed by atoms with E-state index in [0.717, 1.165) is 28.2 Å². The Labute approximate surface area is 148 Å². The third-order valence-corrected chi connectivity index (χ3v) is 3.88. The Balaban J connectivity index is 1.88. The molecule has 0 aromatic heterocycles. The van der Waals surface area contributed by atoms with Crippen LogP contribution in [-0.4, -0.2) is 18.4 Å². The minimum Gasteiger partial charge on any atom is -0.376 e. The van der Waals surface area contributed by atoms with Gasteiger partial charge in [0.15, 0.2) is 0 Å². The summed E-state index contributed by atoms with van der Waals surface area (Å²) in [7, 11) is 0. The molecule has 0 saturated heterocycles. The molecule has 5 nitrogen and oxygen atoms in total. The number of benzene rings is 2. The molecule has 3 N–H and O–H groups in total. The minimum absolute atomic E-state index is 0.0197. The lowest BCUT2D eigenvalue weighted by Gasteiger charge is -2.13. The molecule has 25 heavy (non-hydrogen) atoms. The summed E-state index contributed by atoms with van der Waals surface area (Å²) in [5.74, 6) is -0.185. The van der Waals surface area contributed by atoms with Crippen molar-refractivity contribution >= 4 is 28.9 Å². The third-order valence-electron chi connectivity index (χ3n) is 3.88. The molecule has 132 valence electrons. The van der Waals surface area contributed by atoms with Crippen molar-refractivity contribution in [2.45, 2.75) is 27.7 Å². The van der Waals surface area contributed by atoms with Crippen LogP contribution in [0.5, 0.6) is 0 Å². The van der Waals surface area contributed by atoms with Gasteiger partial charge in [0.05, 0.1) is 6.54 Å². The van der Waals surface area contributed by atoms with E-state index in [1.165, 1.54) is 0 Å². The molecule has 2 amide bonds. The zero-order valence-electron chi connectivity index (χ0n) is 15.1. The number of hydrogen-bond donors (Lipinski definition) is 3. The van der Waals surface area contributed by atoms with Crippen molar-refractivity contribution in [1.29, 1.82) is 0 Å². The first-order valence-electron chi connectivity index (χ1n) is 8.37. The molecule has 5 heteroatoms. The Hall–Kier alpha value is -2.82. The van der Waals surface area contributed by atoms with Gasteiger partial charge < -0.3 is 16.0 Å². The predicted octanol–water partition coefficient (Wildman–Crippen LogP) is 3.95. The number of para-hydroxylation sites is 1. The van der Waals surface area contributed by atoms with Crippen LogP contribution in [0.2, 0.25) is 0 Å².